The number of nitrogens with zero attached hydrogens (tertiary/aromatic N) is 4. The smallest absolute Gasteiger partial charge is 0.245 e. The standard InChI is InChI=1S/C29H34N6O4S/c1-17(2)21(15-36)35-24(26(38)30-16-34-20-12-8-7-11-19(20)32-33-34)29-14-13-28(3,40-29)22(23(29)27(35)39)25(37)31-18-9-5-4-6-10-18/h4-12,17,21-24,36H,13-16H2,1-3H3,(H,30,38)(H,31,37)/t21-,22-,23-,24?,28+,29?/m0/s1. The number of carbonyl (C=O) groups excluding carboxylic acids is 3. The second-order valence-electron chi connectivity index (χ2n) is 11.6. The highest BCUT2D eigenvalue weighted by Gasteiger charge is 2.77. The lowest BCUT2D eigenvalue weighted by molar-refractivity contribution is -0.143. The molecule has 210 valence electrons. The number of fused-ring (bicyclic) bond motifs is 2. The van der Waals surface area contributed by atoms with Gasteiger partial charge >= 0.3 is 0 Å². The highest BCUT2D eigenvalue weighted by molar-refractivity contribution is 8.02. The third-order valence-electron chi connectivity index (χ3n) is 8.92. The van der Waals surface area contributed by atoms with Gasteiger partial charge in [-0.3, -0.25) is 14.4 Å². The zero-order valence-electron chi connectivity index (χ0n) is 22.8. The molecule has 2 unspecified atom stereocenters. The number of para-hydroxylation sites is 2. The van der Waals surface area contributed by atoms with Crippen molar-refractivity contribution in [1.82, 2.24) is 25.2 Å². The summed E-state index contributed by atoms with van der Waals surface area (Å²) in [5, 5.41) is 24.8. The van der Waals surface area contributed by atoms with E-state index in [1.165, 1.54) is 0 Å². The Hall–Kier alpha value is -3.44. The highest BCUT2D eigenvalue weighted by atomic mass is 32.2. The van der Waals surface area contributed by atoms with Gasteiger partial charge < -0.3 is 20.6 Å². The number of hydrogen-bond acceptors (Lipinski definition) is 7. The largest absolute Gasteiger partial charge is 0.394 e. The summed E-state index contributed by atoms with van der Waals surface area (Å²) < 4.78 is 0.353. The fourth-order valence-corrected chi connectivity index (χ4v) is 9.41. The Bertz CT molecular complexity index is 1460. The molecule has 4 heterocycles. The maximum absolute atomic E-state index is 14.3. The van der Waals surface area contributed by atoms with Gasteiger partial charge in [0.25, 0.3) is 0 Å². The summed E-state index contributed by atoms with van der Waals surface area (Å²) >= 11 is 1.61. The summed E-state index contributed by atoms with van der Waals surface area (Å²) in [6.07, 6.45) is 1.35. The maximum Gasteiger partial charge on any atom is 0.245 e. The van der Waals surface area contributed by atoms with Crippen molar-refractivity contribution in [3.63, 3.8) is 0 Å². The molecule has 10 nitrogen and oxygen atoms in total. The number of rotatable bonds is 8. The number of hydrogen-bond donors (Lipinski definition) is 3. The van der Waals surface area contributed by atoms with Crippen molar-refractivity contribution in [3.05, 3.63) is 54.6 Å². The number of thioether (sulfide) groups is 1. The van der Waals surface area contributed by atoms with Crippen LogP contribution in [0.3, 0.4) is 0 Å². The lowest BCUT2D eigenvalue weighted by Crippen LogP contribution is -2.57. The minimum atomic E-state index is -0.833. The summed E-state index contributed by atoms with van der Waals surface area (Å²) in [5.41, 5.74) is 2.18. The topological polar surface area (TPSA) is 129 Å². The van der Waals surface area contributed by atoms with Crippen molar-refractivity contribution < 1.29 is 19.5 Å². The zero-order chi connectivity index (χ0) is 28.2. The minimum Gasteiger partial charge on any atom is -0.394 e. The Morgan fingerprint density at radius 3 is 2.55 bits per heavy atom. The molecule has 3 amide bonds. The van der Waals surface area contributed by atoms with Gasteiger partial charge in [0, 0.05) is 10.4 Å². The van der Waals surface area contributed by atoms with E-state index in [1.54, 1.807) is 21.3 Å². The number of benzene rings is 2. The van der Waals surface area contributed by atoms with E-state index in [4.69, 9.17) is 0 Å². The second kappa shape index (κ2) is 9.88. The first-order chi connectivity index (χ1) is 19.2. The van der Waals surface area contributed by atoms with Crippen LogP contribution in [0, 0.1) is 17.8 Å². The molecule has 6 rings (SSSR count). The molecule has 3 fully saturated rings. The van der Waals surface area contributed by atoms with Crippen LogP contribution in [0.1, 0.15) is 33.6 Å². The molecule has 40 heavy (non-hydrogen) atoms. The first-order valence-corrected chi connectivity index (χ1v) is 14.6. The molecule has 3 aliphatic heterocycles. The van der Waals surface area contributed by atoms with Crippen LogP contribution in [0.15, 0.2) is 54.6 Å². The SMILES string of the molecule is CC(C)[C@H](CO)N1C(=O)[C@@H]2[C@@H](C(=O)Nc3ccccc3)[C@@]3(C)CCC2(S3)C1C(=O)NCn1nnc2ccccc21. The summed E-state index contributed by atoms with van der Waals surface area (Å²) in [4.78, 5) is 43.8. The number of carbonyl (C=O) groups is 3. The molecule has 3 aromatic rings. The van der Waals surface area contributed by atoms with E-state index in [9.17, 15) is 19.5 Å². The van der Waals surface area contributed by atoms with Crippen LogP contribution in [0.4, 0.5) is 5.69 Å². The van der Waals surface area contributed by atoms with Crippen LogP contribution in [0.2, 0.25) is 0 Å². The van der Waals surface area contributed by atoms with Crippen molar-refractivity contribution in [2.75, 3.05) is 11.9 Å². The molecule has 11 heteroatoms. The Morgan fingerprint density at radius 1 is 1.10 bits per heavy atom. The zero-order valence-corrected chi connectivity index (χ0v) is 23.6. The van der Waals surface area contributed by atoms with Gasteiger partial charge in [-0.15, -0.1) is 16.9 Å². The average molecular weight is 563 g/mol. The number of aromatic nitrogens is 3. The van der Waals surface area contributed by atoms with E-state index in [-0.39, 0.29) is 36.9 Å². The van der Waals surface area contributed by atoms with Crippen molar-refractivity contribution in [1.29, 1.82) is 0 Å². The number of aliphatic hydroxyl groups is 1. The van der Waals surface area contributed by atoms with Gasteiger partial charge in [0.2, 0.25) is 17.7 Å². The maximum atomic E-state index is 14.3. The van der Waals surface area contributed by atoms with E-state index in [2.05, 4.69) is 20.9 Å². The monoisotopic (exact) mass is 562 g/mol. The van der Waals surface area contributed by atoms with Crippen molar-refractivity contribution in [3.8, 4) is 0 Å². The molecule has 2 aromatic carbocycles. The fraction of sp³-hybridized carbons (Fsp3) is 0.483. The molecule has 3 N–H and O–H groups in total. The third kappa shape index (κ3) is 4.01. The van der Waals surface area contributed by atoms with Gasteiger partial charge in [-0.1, -0.05) is 49.4 Å². The first-order valence-electron chi connectivity index (χ1n) is 13.8. The minimum absolute atomic E-state index is 0.0873. The Kier molecular flexibility index (Phi) is 6.61. The van der Waals surface area contributed by atoms with E-state index >= 15 is 0 Å². The number of nitrogens with one attached hydrogen (secondary N) is 2. The van der Waals surface area contributed by atoms with Crippen molar-refractivity contribution in [2.45, 2.75) is 61.9 Å². The summed E-state index contributed by atoms with van der Waals surface area (Å²) in [5.74, 6) is -2.12. The predicted molar refractivity (Wildman–Crippen MR) is 152 cm³/mol. The van der Waals surface area contributed by atoms with E-state index < -0.39 is 33.4 Å². The Balaban J connectivity index is 1.35. The van der Waals surface area contributed by atoms with Gasteiger partial charge in [0.1, 0.15) is 18.2 Å². The Labute approximate surface area is 236 Å². The Morgan fingerprint density at radius 2 is 1.82 bits per heavy atom. The summed E-state index contributed by atoms with van der Waals surface area (Å²) in [6, 6.07) is 15.3. The molecule has 3 saturated heterocycles. The van der Waals surface area contributed by atoms with E-state index in [0.29, 0.717) is 18.5 Å². The molecule has 0 saturated carbocycles. The number of aliphatic hydroxyl groups excluding tert-OH is 1. The molecule has 0 radical (unpaired) electrons. The van der Waals surface area contributed by atoms with Crippen LogP contribution in [-0.4, -0.2) is 70.9 Å². The quantitative estimate of drug-likeness (QED) is 0.385. The van der Waals surface area contributed by atoms with Gasteiger partial charge in [-0.2, -0.15) is 0 Å². The van der Waals surface area contributed by atoms with Gasteiger partial charge in [0.15, 0.2) is 0 Å². The van der Waals surface area contributed by atoms with Gasteiger partial charge in [0.05, 0.1) is 34.7 Å². The molecule has 2 bridgehead atoms. The lowest BCUT2D eigenvalue weighted by atomic mass is 9.66. The predicted octanol–water partition coefficient (Wildman–Crippen LogP) is 2.64. The third-order valence-corrected chi connectivity index (χ3v) is 10.9. The molecule has 0 aliphatic carbocycles. The van der Waals surface area contributed by atoms with E-state index in [1.807, 2.05) is 75.4 Å². The number of likely N-dealkylation sites (tertiary alicyclic amines) is 1. The molecule has 1 aromatic heterocycles. The van der Waals surface area contributed by atoms with Crippen molar-refractivity contribution >= 4 is 46.2 Å². The normalized spacial score (nSPS) is 29.7. The molecular formula is C29H34N6O4S. The fourth-order valence-electron chi connectivity index (χ4n) is 7.07. The highest BCUT2D eigenvalue weighted by Crippen LogP contribution is 2.71. The summed E-state index contributed by atoms with van der Waals surface area (Å²) in [7, 11) is 0. The van der Waals surface area contributed by atoms with E-state index in [0.717, 1.165) is 11.0 Å². The molecular weight excluding hydrogens is 528 g/mol. The van der Waals surface area contributed by atoms with Crippen LogP contribution < -0.4 is 10.6 Å². The average Bonchev–Trinajstić information content (AvgIpc) is 3.64. The van der Waals surface area contributed by atoms with Crippen molar-refractivity contribution in [2.24, 2.45) is 17.8 Å². The second-order valence-corrected chi connectivity index (χ2v) is 13.5. The van der Waals surface area contributed by atoms with Gasteiger partial charge in [-0.25, -0.2) is 4.68 Å². The first kappa shape index (κ1) is 26.8. The number of amides is 3. The molecule has 3 aliphatic rings. The van der Waals surface area contributed by atoms with Crippen LogP contribution in [0.5, 0.6) is 0 Å². The molecule has 6 atom stereocenters. The number of anilines is 1. The van der Waals surface area contributed by atoms with Crippen LogP contribution in [0.25, 0.3) is 11.0 Å². The van der Waals surface area contributed by atoms with Crippen LogP contribution in [-0.2, 0) is 21.1 Å². The van der Waals surface area contributed by atoms with Crippen LogP contribution >= 0.6 is 11.8 Å². The molecule has 1 spiro atoms. The van der Waals surface area contributed by atoms with Gasteiger partial charge in [-0.05, 0) is 49.9 Å². The lowest BCUT2D eigenvalue weighted by Gasteiger charge is -2.38. The summed E-state index contributed by atoms with van der Waals surface area (Å²) in [6.45, 7) is 5.72.